The van der Waals surface area contributed by atoms with Crippen LogP contribution < -0.4 is 10.2 Å². The van der Waals surface area contributed by atoms with E-state index in [2.05, 4.69) is 10.4 Å². The highest BCUT2D eigenvalue weighted by Crippen LogP contribution is 2.45. The summed E-state index contributed by atoms with van der Waals surface area (Å²) in [6, 6.07) is 11.1. The Morgan fingerprint density at radius 3 is 2.56 bits per heavy atom. The average Bonchev–Trinajstić information content (AvgIpc) is 3.52. The minimum atomic E-state index is -3.95. The van der Waals surface area contributed by atoms with Crippen LogP contribution in [0.25, 0.3) is 0 Å². The molecule has 39 heavy (non-hydrogen) atoms. The second kappa shape index (κ2) is 10.3. The number of hydrogen-bond acceptors (Lipinski definition) is 8. The van der Waals surface area contributed by atoms with Crippen LogP contribution in [0.2, 0.25) is 0 Å². The lowest BCUT2D eigenvalue weighted by Gasteiger charge is -2.31. The lowest BCUT2D eigenvalue weighted by Crippen LogP contribution is -2.26. The number of amides is 1. The molecule has 1 amide bonds. The monoisotopic (exact) mass is 550 g/mol. The highest BCUT2D eigenvalue weighted by molar-refractivity contribution is 7.92. The smallest absolute Gasteiger partial charge is 0.338 e. The lowest BCUT2D eigenvalue weighted by atomic mass is 9.87. The van der Waals surface area contributed by atoms with Crippen molar-refractivity contribution in [2.45, 2.75) is 48.3 Å². The maximum absolute atomic E-state index is 13.6. The van der Waals surface area contributed by atoms with Crippen LogP contribution in [-0.2, 0) is 31.2 Å². The quantitative estimate of drug-likeness (QED) is 0.438. The Morgan fingerprint density at radius 2 is 1.90 bits per heavy atom. The molecule has 2 unspecified atom stereocenters. The van der Waals surface area contributed by atoms with Crippen LogP contribution in [0.5, 0.6) is 0 Å². The third-order valence-electron chi connectivity index (χ3n) is 7.36. The van der Waals surface area contributed by atoms with Gasteiger partial charge in [0, 0.05) is 39.2 Å². The summed E-state index contributed by atoms with van der Waals surface area (Å²) in [5.41, 5.74) is 1.66. The Kier molecular flexibility index (Phi) is 7.02. The van der Waals surface area contributed by atoms with Crippen LogP contribution in [0.15, 0.2) is 58.5 Å². The number of hydrogen-bond donors (Lipinski definition) is 1. The maximum Gasteiger partial charge on any atom is 0.338 e. The Labute approximate surface area is 226 Å². The molecular formula is C28H30N4O6S. The van der Waals surface area contributed by atoms with E-state index in [0.29, 0.717) is 42.0 Å². The molecule has 0 bridgehead atoms. The largest absolute Gasteiger partial charge is 0.462 e. The van der Waals surface area contributed by atoms with E-state index in [1.54, 1.807) is 61.1 Å². The first kappa shape index (κ1) is 26.6. The Balaban J connectivity index is 1.52. The van der Waals surface area contributed by atoms with E-state index in [-0.39, 0.29) is 39.6 Å². The predicted octanol–water partition coefficient (Wildman–Crippen LogP) is 3.99. The Hall–Kier alpha value is -3.99. The Bertz CT molecular complexity index is 1580. The van der Waals surface area contributed by atoms with Gasteiger partial charge < -0.3 is 15.0 Å². The third-order valence-corrected chi connectivity index (χ3v) is 9.19. The first-order chi connectivity index (χ1) is 18.6. The van der Waals surface area contributed by atoms with Gasteiger partial charge in [0.1, 0.15) is 5.78 Å². The van der Waals surface area contributed by atoms with Crippen molar-refractivity contribution in [1.82, 2.24) is 9.78 Å². The fourth-order valence-electron chi connectivity index (χ4n) is 5.35. The second-order valence-electron chi connectivity index (χ2n) is 9.99. The molecule has 10 nitrogen and oxygen atoms in total. The van der Waals surface area contributed by atoms with E-state index in [0.717, 1.165) is 6.42 Å². The topological polar surface area (TPSA) is 128 Å². The normalized spacial score (nSPS) is 18.3. The third kappa shape index (κ3) is 5.06. The number of aromatic nitrogens is 2. The molecule has 204 valence electrons. The number of sulfone groups is 1. The first-order valence-corrected chi connectivity index (χ1v) is 14.3. The van der Waals surface area contributed by atoms with Crippen molar-refractivity contribution in [3.8, 4) is 0 Å². The van der Waals surface area contributed by atoms with Gasteiger partial charge in [-0.15, -0.1) is 0 Å². The molecular weight excluding hydrogens is 520 g/mol. The van der Waals surface area contributed by atoms with E-state index in [9.17, 15) is 22.8 Å². The summed E-state index contributed by atoms with van der Waals surface area (Å²) in [4.78, 5) is 39.5. The fraction of sp³-hybridized carbons (Fsp3) is 0.357. The molecule has 1 aliphatic carbocycles. The molecule has 1 aromatic heterocycles. The van der Waals surface area contributed by atoms with Crippen molar-refractivity contribution in [2.75, 3.05) is 23.9 Å². The number of aryl methyl sites for hydroxylation is 1. The summed E-state index contributed by atoms with van der Waals surface area (Å²) in [5, 5.41) is 7.10. The van der Waals surface area contributed by atoms with Crippen molar-refractivity contribution in [3.63, 3.8) is 0 Å². The SMILES string of the molecule is CCOC(=O)c1ccc2c(c1)S(=O)(=O)c1ccc(C(CC3CCC(=O)C3)C(=O)Nc3ccn(C)n3)cc1N2C. The zero-order valence-corrected chi connectivity index (χ0v) is 22.8. The molecule has 5 rings (SSSR count). The van der Waals surface area contributed by atoms with E-state index in [1.807, 2.05) is 0 Å². The number of rotatable bonds is 7. The average molecular weight is 551 g/mol. The summed E-state index contributed by atoms with van der Waals surface area (Å²) in [6.07, 6.45) is 3.85. The van der Waals surface area contributed by atoms with Gasteiger partial charge in [-0.05, 0) is 61.6 Å². The Morgan fingerprint density at radius 1 is 1.10 bits per heavy atom. The van der Waals surface area contributed by atoms with E-state index >= 15 is 0 Å². The van der Waals surface area contributed by atoms with Gasteiger partial charge >= 0.3 is 5.97 Å². The van der Waals surface area contributed by atoms with Crippen molar-refractivity contribution < 1.29 is 27.5 Å². The number of carbonyl (C=O) groups is 3. The van der Waals surface area contributed by atoms with Gasteiger partial charge in [-0.3, -0.25) is 14.3 Å². The van der Waals surface area contributed by atoms with Gasteiger partial charge in [0.25, 0.3) is 0 Å². The number of ether oxygens (including phenoxy) is 1. The van der Waals surface area contributed by atoms with Crippen LogP contribution >= 0.6 is 0 Å². The molecule has 1 saturated carbocycles. The maximum atomic E-state index is 13.6. The number of nitrogens with one attached hydrogen (secondary N) is 1. The lowest BCUT2D eigenvalue weighted by molar-refractivity contribution is -0.119. The van der Waals surface area contributed by atoms with Gasteiger partial charge in [-0.25, -0.2) is 13.2 Å². The van der Waals surface area contributed by atoms with Crippen LogP contribution in [-0.4, -0.2) is 49.5 Å². The van der Waals surface area contributed by atoms with Crippen molar-refractivity contribution in [2.24, 2.45) is 13.0 Å². The number of nitrogens with zero attached hydrogens (tertiary/aromatic N) is 3. The van der Waals surface area contributed by atoms with Gasteiger partial charge in [-0.2, -0.15) is 5.10 Å². The summed E-state index contributed by atoms with van der Waals surface area (Å²) in [5.74, 6) is -0.799. The van der Waals surface area contributed by atoms with Gasteiger partial charge in [0.2, 0.25) is 15.7 Å². The van der Waals surface area contributed by atoms with Gasteiger partial charge in [0.15, 0.2) is 5.82 Å². The molecule has 2 atom stereocenters. The van der Waals surface area contributed by atoms with E-state index in [4.69, 9.17) is 4.74 Å². The van der Waals surface area contributed by atoms with Crippen LogP contribution in [0.3, 0.4) is 0 Å². The molecule has 0 spiro atoms. The summed E-state index contributed by atoms with van der Waals surface area (Å²) >= 11 is 0. The molecule has 0 saturated heterocycles. The van der Waals surface area contributed by atoms with Crippen molar-refractivity contribution >= 4 is 44.7 Å². The summed E-state index contributed by atoms with van der Waals surface area (Å²) in [6.45, 7) is 1.86. The molecule has 2 heterocycles. The van der Waals surface area contributed by atoms with E-state index < -0.39 is 21.7 Å². The van der Waals surface area contributed by atoms with Gasteiger partial charge in [-0.1, -0.05) is 6.07 Å². The van der Waals surface area contributed by atoms with Crippen molar-refractivity contribution in [3.05, 3.63) is 59.8 Å². The standard InChI is InChI=1S/C28H30N4O6S/c1-4-38-28(35)19-6-9-22-25(16-19)39(36,37)24-10-7-18(15-23(24)32(22)3)21(14-17-5-8-20(33)13-17)27(34)29-26-11-12-31(2)30-26/h6-7,9-12,15-17,21H,4-5,8,13-14H2,1-3H3,(H,29,30,34). The summed E-state index contributed by atoms with van der Waals surface area (Å²) < 4.78 is 33.9. The molecule has 1 N–H and O–H groups in total. The number of carbonyl (C=O) groups excluding carboxylic acids is 3. The first-order valence-electron chi connectivity index (χ1n) is 12.8. The number of ketones is 1. The number of anilines is 3. The van der Waals surface area contributed by atoms with Crippen molar-refractivity contribution in [1.29, 1.82) is 0 Å². The highest BCUT2D eigenvalue weighted by atomic mass is 32.2. The molecule has 11 heteroatoms. The number of benzene rings is 2. The zero-order valence-electron chi connectivity index (χ0n) is 22.0. The molecule has 2 aliphatic rings. The molecule has 2 aromatic carbocycles. The second-order valence-corrected chi connectivity index (χ2v) is 11.9. The number of fused-ring (bicyclic) bond motifs is 2. The van der Waals surface area contributed by atoms with E-state index in [1.165, 1.54) is 18.2 Å². The number of esters is 1. The fourth-order valence-corrected chi connectivity index (χ4v) is 7.07. The molecule has 3 aromatic rings. The number of Topliss-reactive ketones (excluding diaryl/α,β-unsaturated/α-hetero) is 1. The molecule has 1 fully saturated rings. The minimum Gasteiger partial charge on any atom is -0.462 e. The van der Waals surface area contributed by atoms with Crippen LogP contribution in [0.1, 0.15) is 54.4 Å². The molecule has 0 radical (unpaired) electrons. The predicted molar refractivity (Wildman–Crippen MR) is 144 cm³/mol. The summed E-state index contributed by atoms with van der Waals surface area (Å²) in [7, 11) is -0.448. The highest BCUT2D eigenvalue weighted by Gasteiger charge is 2.36. The van der Waals surface area contributed by atoms with Gasteiger partial charge in [0.05, 0.1) is 39.3 Å². The molecule has 1 aliphatic heterocycles. The van der Waals surface area contributed by atoms with Crippen LogP contribution in [0.4, 0.5) is 17.2 Å². The van der Waals surface area contributed by atoms with Crippen LogP contribution in [0, 0.1) is 5.92 Å². The minimum absolute atomic E-state index is 0.0183. The zero-order chi connectivity index (χ0) is 27.9.